The molecule has 1 rings (SSSR count). The molecule has 1 aliphatic heterocycles. The molecule has 1 fully saturated rings. The summed E-state index contributed by atoms with van der Waals surface area (Å²) in [4.78, 5) is 36.7. The van der Waals surface area contributed by atoms with Crippen LogP contribution in [0.25, 0.3) is 0 Å². The van der Waals surface area contributed by atoms with E-state index in [0.29, 0.717) is 13.0 Å². The van der Waals surface area contributed by atoms with Crippen LogP contribution in [0, 0.1) is 5.41 Å². The maximum Gasteiger partial charge on any atom is 0.328 e. The van der Waals surface area contributed by atoms with Gasteiger partial charge in [0.25, 0.3) is 0 Å². The van der Waals surface area contributed by atoms with Gasteiger partial charge in [-0.3, -0.25) is 9.59 Å². The number of carboxylic acid groups (broad SMARTS) is 1. The molecule has 1 amide bonds. The van der Waals surface area contributed by atoms with Crippen molar-refractivity contribution in [1.29, 1.82) is 0 Å². The second kappa shape index (κ2) is 6.72. The van der Waals surface area contributed by atoms with Crippen molar-refractivity contribution in [3.8, 4) is 0 Å². The Morgan fingerprint density at radius 1 is 1.30 bits per heavy atom. The number of nitrogens with zero attached hydrogens (tertiary/aromatic N) is 1. The van der Waals surface area contributed by atoms with Gasteiger partial charge in [-0.1, -0.05) is 0 Å². The fraction of sp³-hybridized carbons (Fsp3) is 0.786. The molecule has 1 heterocycles. The third kappa shape index (κ3) is 3.95. The smallest absolute Gasteiger partial charge is 0.328 e. The molecule has 1 saturated heterocycles. The number of rotatable bonds is 5. The fourth-order valence-electron chi connectivity index (χ4n) is 2.27. The van der Waals surface area contributed by atoms with E-state index < -0.39 is 23.4 Å². The number of carbonyl (C=O) groups excluding carboxylic acids is 2. The van der Waals surface area contributed by atoms with Crippen LogP contribution in [0.3, 0.4) is 0 Å². The number of esters is 1. The highest BCUT2D eigenvalue weighted by atomic mass is 16.5. The Kier molecular flexibility index (Phi) is 5.53. The van der Waals surface area contributed by atoms with Gasteiger partial charge in [0.15, 0.2) is 0 Å². The third-order valence-electron chi connectivity index (χ3n) is 3.55. The minimum absolute atomic E-state index is 0.113. The summed E-state index contributed by atoms with van der Waals surface area (Å²) in [5.41, 5.74) is -1.13. The van der Waals surface area contributed by atoms with E-state index in [1.54, 1.807) is 6.92 Å². The van der Waals surface area contributed by atoms with Crippen LogP contribution in [0.15, 0.2) is 0 Å². The molecule has 0 aromatic heterocycles. The van der Waals surface area contributed by atoms with Gasteiger partial charge < -0.3 is 14.7 Å². The minimum Gasteiger partial charge on any atom is -0.481 e. The molecule has 0 saturated carbocycles. The van der Waals surface area contributed by atoms with E-state index in [2.05, 4.69) is 0 Å². The first-order valence-corrected chi connectivity index (χ1v) is 6.99. The molecule has 1 aliphatic rings. The predicted octanol–water partition coefficient (Wildman–Crippen LogP) is 1.43. The van der Waals surface area contributed by atoms with Gasteiger partial charge in [-0.05, 0) is 40.0 Å². The van der Waals surface area contributed by atoms with Crippen molar-refractivity contribution in [3.05, 3.63) is 0 Å². The Labute approximate surface area is 119 Å². The summed E-state index contributed by atoms with van der Waals surface area (Å²) in [5, 5.41) is 9.09. The van der Waals surface area contributed by atoms with E-state index in [-0.39, 0.29) is 18.9 Å². The van der Waals surface area contributed by atoms with Gasteiger partial charge >= 0.3 is 11.9 Å². The van der Waals surface area contributed by atoms with Crippen LogP contribution in [0.1, 0.15) is 46.5 Å². The monoisotopic (exact) mass is 285 g/mol. The first kappa shape index (κ1) is 16.5. The highest BCUT2D eigenvalue weighted by Gasteiger charge is 2.37. The number of hydrogen-bond donors (Lipinski definition) is 1. The highest BCUT2D eigenvalue weighted by Crippen LogP contribution is 2.25. The molecule has 0 aromatic carbocycles. The summed E-state index contributed by atoms with van der Waals surface area (Å²) in [6.07, 6.45) is 2.17. The van der Waals surface area contributed by atoms with Gasteiger partial charge in [0.2, 0.25) is 5.91 Å². The van der Waals surface area contributed by atoms with E-state index in [1.807, 2.05) is 0 Å². The van der Waals surface area contributed by atoms with Crippen LogP contribution in [-0.2, 0) is 19.1 Å². The van der Waals surface area contributed by atoms with E-state index in [0.717, 1.165) is 12.8 Å². The zero-order valence-corrected chi connectivity index (χ0v) is 12.3. The Morgan fingerprint density at radius 2 is 1.95 bits per heavy atom. The summed E-state index contributed by atoms with van der Waals surface area (Å²) >= 11 is 0. The molecule has 1 N–H and O–H groups in total. The molecule has 6 nitrogen and oxygen atoms in total. The molecule has 114 valence electrons. The summed E-state index contributed by atoms with van der Waals surface area (Å²) in [5.74, 6) is -1.71. The fourth-order valence-corrected chi connectivity index (χ4v) is 2.27. The first-order chi connectivity index (χ1) is 9.29. The topological polar surface area (TPSA) is 83.9 Å². The first-order valence-electron chi connectivity index (χ1n) is 6.99. The summed E-state index contributed by atoms with van der Waals surface area (Å²) < 4.78 is 4.99. The van der Waals surface area contributed by atoms with Crippen LogP contribution < -0.4 is 0 Å². The van der Waals surface area contributed by atoms with Crippen LogP contribution in [0.2, 0.25) is 0 Å². The largest absolute Gasteiger partial charge is 0.481 e. The van der Waals surface area contributed by atoms with Crippen molar-refractivity contribution in [2.45, 2.75) is 52.5 Å². The third-order valence-corrected chi connectivity index (χ3v) is 3.55. The Bertz CT molecular complexity index is 391. The standard InChI is InChI=1S/C14H23NO5/c1-4-20-12(17)10-7-5-6-8-15(10)11(16)9-14(2,3)13(18)19/h10H,4-9H2,1-3H3,(H,18,19). The van der Waals surface area contributed by atoms with E-state index in [9.17, 15) is 14.4 Å². The zero-order chi connectivity index (χ0) is 15.3. The summed E-state index contributed by atoms with van der Waals surface area (Å²) in [6, 6.07) is -0.569. The molecule has 0 aliphatic carbocycles. The van der Waals surface area contributed by atoms with Crippen LogP contribution >= 0.6 is 0 Å². The zero-order valence-electron chi connectivity index (χ0n) is 12.3. The average Bonchev–Trinajstić information content (AvgIpc) is 2.38. The minimum atomic E-state index is -1.13. The van der Waals surface area contributed by atoms with Gasteiger partial charge in [-0.2, -0.15) is 0 Å². The number of ether oxygens (including phenoxy) is 1. The van der Waals surface area contributed by atoms with Crippen molar-refractivity contribution in [3.63, 3.8) is 0 Å². The molecule has 20 heavy (non-hydrogen) atoms. The molecular formula is C14H23NO5. The quantitative estimate of drug-likeness (QED) is 0.772. The Morgan fingerprint density at radius 3 is 2.50 bits per heavy atom. The van der Waals surface area contributed by atoms with Crippen LogP contribution in [0.5, 0.6) is 0 Å². The number of aliphatic carboxylic acids is 1. The predicted molar refractivity (Wildman–Crippen MR) is 72.0 cm³/mol. The molecule has 0 aromatic rings. The summed E-state index contributed by atoms with van der Waals surface area (Å²) in [6.45, 7) is 5.50. The average molecular weight is 285 g/mol. The van der Waals surface area contributed by atoms with Crippen molar-refractivity contribution in [2.24, 2.45) is 5.41 Å². The van der Waals surface area contributed by atoms with Crippen LogP contribution in [-0.4, -0.2) is 47.0 Å². The van der Waals surface area contributed by atoms with Crippen molar-refractivity contribution < 1.29 is 24.2 Å². The molecule has 1 atom stereocenters. The number of hydrogen-bond acceptors (Lipinski definition) is 4. The van der Waals surface area contributed by atoms with E-state index in [4.69, 9.17) is 9.84 Å². The van der Waals surface area contributed by atoms with Gasteiger partial charge in [0, 0.05) is 13.0 Å². The molecule has 0 radical (unpaired) electrons. The van der Waals surface area contributed by atoms with Crippen molar-refractivity contribution >= 4 is 17.8 Å². The van der Waals surface area contributed by atoms with Crippen molar-refractivity contribution in [2.75, 3.05) is 13.2 Å². The highest BCUT2D eigenvalue weighted by molar-refractivity contribution is 5.88. The lowest BCUT2D eigenvalue weighted by Gasteiger charge is -2.35. The van der Waals surface area contributed by atoms with Gasteiger partial charge in [0.05, 0.1) is 12.0 Å². The van der Waals surface area contributed by atoms with Crippen LogP contribution in [0.4, 0.5) is 0 Å². The number of piperidine rings is 1. The van der Waals surface area contributed by atoms with Gasteiger partial charge in [-0.25, -0.2) is 4.79 Å². The number of likely N-dealkylation sites (tertiary alicyclic amines) is 1. The summed E-state index contributed by atoms with van der Waals surface area (Å²) in [7, 11) is 0. The molecule has 6 heteroatoms. The lowest BCUT2D eigenvalue weighted by atomic mass is 9.88. The number of carbonyl (C=O) groups is 3. The Balaban J connectivity index is 2.77. The van der Waals surface area contributed by atoms with E-state index in [1.165, 1.54) is 18.7 Å². The van der Waals surface area contributed by atoms with Gasteiger partial charge in [-0.15, -0.1) is 0 Å². The number of amides is 1. The maximum atomic E-state index is 12.3. The lowest BCUT2D eigenvalue weighted by molar-refractivity contribution is -0.159. The number of carboxylic acids is 1. The SMILES string of the molecule is CCOC(=O)C1CCCCN1C(=O)CC(C)(C)C(=O)O. The molecule has 0 spiro atoms. The van der Waals surface area contributed by atoms with E-state index >= 15 is 0 Å². The molecule has 1 unspecified atom stereocenters. The molecule has 0 bridgehead atoms. The van der Waals surface area contributed by atoms with Gasteiger partial charge in [0.1, 0.15) is 6.04 Å². The van der Waals surface area contributed by atoms with Crippen molar-refractivity contribution in [1.82, 2.24) is 4.90 Å². The maximum absolute atomic E-state index is 12.3. The normalized spacial score (nSPS) is 19.6. The second-order valence-corrected chi connectivity index (χ2v) is 5.72. The Hall–Kier alpha value is -1.59. The second-order valence-electron chi connectivity index (χ2n) is 5.72. The molecular weight excluding hydrogens is 262 g/mol. The lowest BCUT2D eigenvalue weighted by Crippen LogP contribution is -2.50.